The van der Waals surface area contributed by atoms with Crippen LogP contribution in [-0.4, -0.2) is 22.8 Å². The molecular weight excluding hydrogens is 282 g/mol. The van der Waals surface area contributed by atoms with Crippen LogP contribution in [0.5, 0.6) is 5.75 Å². The van der Waals surface area contributed by atoms with Gasteiger partial charge in [-0.1, -0.05) is 30.3 Å². The molecule has 21 heavy (non-hydrogen) atoms. The quantitative estimate of drug-likeness (QED) is 0.912. The number of carbonyl (C=O) groups is 1. The van der Waals surface area contributed by atoms with E-state index < -0.39 is 0 Å². The van der Waals surface area contributed by atoms with Gasteiger partial charge in [0.15, 0.2) is 0 Å². The summed E-state index contributed by atoms with van der Waals surface area (Å²) in [7, 11) is 0. The van der Waals surface area contributed by atoms with Gasteiger partial charge in [0.2, 0.25) is 5.91 Å². The number of amides is 1. The van der Waals surface area contributed by atoms with E-state index in [1.165, 1.54) is 10.5 Å². The summed E-state index contributed by atoms with van der Waals surface area (Å²) in [6, 6.07) is 15.3. The van der Waals surface area contributed by atoms with Gasteiger partial charge < -0.3 is 10.4 Å². The van der Waals surface area contributed by atoms with E-state index in [9.17, 15) is 9.90 Å². The predicted octanol–water partition coefficient (Wildman–Crippen LogP) is 2.77. The number of thioether (sulfide) groups is 1. The molecule has 0 aliphatic carbocycles. The second-order valence-corrected chi connectivity index (χ2v) is 6.37. The number of hydrogen-bond donors (Lipinski definition) is 2. The Bertz CT molecular complexity index is 614. The molecule has 1 heterocycles. The van der Waals surface area contributed by atoms with Crippen molar-refractivity contribution in [1.29, 1.82) is 0 Å². The molecule has 1 aliphatic rings. The van der Waals surface area contributed by atoms with Crippen molar-refractivity contribution >= 4 is 17.7 Å². The minimum atomic E-state index is -0.0118. The van der Waals surface area contributed by atoms with Gasteiger partial charge in [0.1, 0.15) is 5.75 Å². The molecule has 0 aromatic heterocycles. The number of fused-ring (bicyclic) bond motifs is 1. The van der Waals surface area contributed by atoms with Crippen molar-refractivity contribution < 1.29 is 9.90 Å². The maximum Gasteiger partial charge on any atom is 0.233 e. The summed E-state index contributed by atoms with van der Waals surface area (Å²) in [6.45, 7) is 0.622. The molecule has 0 spiro atoms. The summed E-state index contributed by atoms with van der Waals surface area (Å²) in [5.41, 5.74) is 2.37. The standard InChI is InChI=1S/C17H17NO2S/c19-14-7-5-12(6-8-14)9-10-18-17(20)16-11-13-3-1-2-4-15(13)21-16/h1-8,16,19H,9-11H2,(H,18,20). The average Bonchev–Trinajstić information content (AvgIpc) is 2.93. The lowest BCUT2D eigenvalue weighted by Gasteiger charge is -2.10. The van der Waals surface area contributed by atoms with E-state index >= 15 is 0 Å². The summed E-state index contributed by atoms with van der Waals surface area (Å²) in [5, 5.41) is 12.2. The number of aromatic hydroxyl groups is 1. The highest BCUT2D eigenvalue weighted by Gasteiger charge is 2.27. The van der Waals surface area contributed by atoms with E-state index in [2.05, 4.69) is 17.4 Å². The van der Waals surface area contributed by atoms with E-state index in [0.29, 0.717) is 6.54 Å². The van der Waals surface area contributed by atoms with E-state index in [0.717, 1.165) is 18.4 Å². The maximum atomic E-state index is 12.2. The van der Waals surface area contributed by atoms with Gasteiger partial charge in [0, 0.05) is 11.4 Å². The van der Waals surface area contributed by atoms with Gasteiger partial charge in [-0.25, -0.2) is 0 Å². The number of rotatable bonds is 4. The number of hydrogen-bond acceptors (Lipinski definition) is 3. The highest BCUT2D eigenvalue weighted by molar-refractivity contribution is 8.01. The largest absolute Gasteiger partial charge is 0.508 e. The number of carbonyl (C=O) groups excluding carboxylic acids is 1. The Balaban J connectivity index is 1.48. The summed E-state index contributed by atoms with van der Waals surface area (Å²) in [5.74, 6) is 0.373. The SMILES string of the molecule is O=C(NCCc1ccc(O)cc1)C1Cc2ccccc2S1. The molecule has 1 unspecified atom stereocenters. The first kappa shape index (κ1) is 14.0. The zero-order chi connectivity index (χ0) is 14.7. The number of nitrogens with one attached hydrogen (secondary N) is 1. The number of phenols is 1. The van der Waals surface area contributed by atoms with Crippen molar-refractivity contribution in [2.24, 2.45) is 0 Å². The van der Waals surface area contributed by atoms with Crippen LogP contribution in [0.4, 0.5) is 0 Å². The maximum absolute atomic E-state index is 12.2. The average molecular weight is 299 g/mol. The van der Waals surface area contributed by atoms with Crippen LogP contribution < -0.4 is 5.32 Å². The normalized spacial score (nSPS) is 16.5. The van der Waals surface area contributed by atoms with E-state index in [4.69, 9.17) is 0 Å². The van der Waals surface area contributed by atoms with E-state index in [1.54, 1.807) is 23.9 Å². The van der Waals surface area contributed by atoms with Crippen molar-refractivity contribution in [3.05, 3.63) is 59.7 Å². The number of benzene rings is 2. The van der Waals surface area contributed by atoms with Crippen LogP contribution in [0.3, 0.4) is 0 Å². The molecule has 0 fully saturated rings. The first-order valence-corrected chi connectivity index (χ1v) is 7.90. The molecule has 108 valence electrons. The molecule has 0 bridgehead atoms. The third-order valence-electron chi connectivity index (χ3n) is 3.59. The molecule has 1 amide bonds. The lowest BCUT2D eigenvalue weighted by atomic mass is 10.1. The van der Waals surface area contributed by atoms with E-state index in [-0.39, 0.29) is 16.9 Å². The molecule has 0 saturated heterocycles. The Kier molecular flexibility index (Phi) is 4.15. The fourth-order valence-electron chi connectivity index (χ4n) is 2.43. The molecule has 2 N–H and O–H groups in total. The van der Waals surface area contributed by atoms with Crippen molar-refractivity contribution in [1.82, 2.24) is 5.32 Å². The molecule has 3 nitrogen and oxygen atoms in total. The predicted molar refractivity (Wildman–Crippen MR) is 84.6 cm³/mol. The minimum Gasteiger partial charge on any atom is -0.508 e. The van der Waals surface area contributed by atoms with Crippen molar-refractivity contribution in [3.8, 4) is 5.75 Å². The smallest absolute Gasteiger partial charge is 0.233 e. The molecule has 2 aromatic rings. The highest BCUT2D eigenvalue weighted by Crippen LogP contribution is 2.36. The Labute approximate surface area is 128 Å². The first-order valence-electron chi connectivity index (χ1n) is 7.02. The molecule has 1 atom stereocenters. The molecule has 1 aliphatic heterocycles. The minimum absolute atomic E-state index is 0.0118. The monoisotopic (exact) mass is 299 g/mol. The lowest BCUT2D eigenvalue weighted by molar-refractivity contribution is -0.120. The molecule has 0 saturated carbocycles. The van der Waals surface area contributed by atoms with Crippen LogP contribution in [0.1, 0.15) is 11.1 Å². The van der Waals surface area contributed by atoms with Crippen LogP contribution in [0.15, 0.2) is 53.4 Å². The lowest BCUT2D eigenvalue weighted by Crippen LogP contribution is -2.33. The first-order chi connectivity index (χ1) is 10.2. The fourth-order valence-corrected chi connectivity index (χ4v) is 3.65. The zero-order valence-electron chi connectivity index (χ0n) is 11.6. The van der Waals surface area contributed by atoms with Crippen LogP contribution >= 0.6 is 11.8 Å². The molecule has 3 rings (SSSR count). The Morgan fingerprint density at radius 3 is 2.71 bits per heavy atom. The third kappa shape index (κ3) is 3.39. The van der Waals surface area contributed by atoms with Gasteiger partial charge in [-0.05, 0) is 42.2 Å². The van der Waals surface area contributed by atoms with Crippen molar-refractivity contribution in [2.45, 2.75) is 23.0 Å². The molecule has 4 heteroatoms. The van der Waals surface area contributed by atoms with Gasteiger partial charge >= 0.3 is 0 Å². The second-order valence-electron chi connectivity index (χ2n) is 5.13. The second kappa shape index (κ2) is 6.22. The summed E-state index contributed by atoms with van der Waals surface area (Å²) in [4.78, 5) is 13.4. The Morgan fingerprint density at radius 1 is 1.19 bits per heavy atom. The van der Waals surface area contributed by atoms with Crippen molar-refractivity contribution in [2.75, 3.05) is 6.54 Å². The van der Waals surface area contributed by atoms with Crippen LogP contribution in [0.25, 0.3) is 0 Å². The van der Waals surface area contributed by atoms with Gasteiger partial charge in [-0.3, -0.25) is 4.79 Å². The summed E-state index contributed by atoms with van der Waals surface area (Å²) in [6.07, 6.45) is 1.59. The Hall–Kier alpha value is -1.94. The molecular formula is C17H17NO2S. The summed E-state index contributed by atoms with van der Waals surface area (Å²) < 4.78 is 0. The topological polar surface area (TPSA) is 49.3 Å². The van der Waals surface area contributed by atoms with Crippen molar-refractivity contribution in [3.63, 3.8) is 0 Å². The van der Waals surface area contributed by atoms with Crippen LogP contribution in [0, 0.1) is 0 Å². The van der Waals surface area contributed by atoms with Gasteiger partial charge in [-0.15, -0.1) is 11.8 Å². The van der Waals surface area contributed by atoms with E-state index in [1.807, 2.05) is 24.3 Å². The van der Waals surface area contributed by atoms with Gasteiger partial charge in [0.25, 0.3) is 0 Å². The van der Waals surface area contributed by atoms with Crippen LogP contribution in [-0.2, 0) is 17.6 Å². The zero-order valence-corrected chi connectivity index (χ0v) is 12.4. The van der Waals surface area contributed by atoms with Gasteiger partial charge in [-0.2, -0.15) is 0 Å². The highest BCUT2D eigenvalue weighted by atomic mass is 32.2. The van der Waals surface area contributed by atoms with Gasteiger partial charge in [0.05, 0.1) is 5.25 Å². The Morgan fingerprint density at radius 2 is 1.95 bits per heavy atom. The number of phenolic OH excluding ortho intramolecular Hbond substituents is 1. The summed E-state index contributed by atoms with van der Waals surface area (Å²) >= 11 is 1.65. The molecule has 0 radical (unpaired) electrons. The fraction of sp³-hybridized carbons (Fsp3) is 0.235. The molecule has 2 aromatic carbocycles. The third-order valence-corrected chi connectivity index (χ3v) is 4.91. The van der Waals surface area contributed by atoms with Crippen LogP contribution in [0.2, 0.25) is 0 Å².